The Kier molecular flexibility index (Phi) is 31.3. The van der Waals surface area contributed by atoms with Gasteiger partial charge in [-0.1, -0.05) is 61.6 Å². The molecule has 2 aromatic rings. The SMILES string of the molecule is C.C.CC(C)C.CC(C)C.c1cnoc1.c1cnsc1. The first-order valence-electron chi connectivity index (χ1n) is 6.15. The van der Waals surface area contributed by atoms with E-state index >= 15 is 0 Å². The third kappa shape index (κ3) is 54.1. The summed E-state index contributed by atoms with van der Waals surface area (Å²) in [5.74, 6) is 1.67. The second kappa shape index (κ2) is 23.0. The van der Waals surface area contributed by atoms with Gasteiger partial charge in [-0.2, -0.15) is 0 Å². The molecule has 3 nitrogen and oxygen atoms in total. The normalized spacial score (nSPS) is 7.60. The lowest BCUT2D eigenvalue weighted by molar-refractivity contribution is 0.420. The van der Waals surface area contributed by atoms with Gasteiger partial charge in [0.15, 0.2) is 0 Å². The molecule has 0 spiro atoms. The van der Waals surface area contributed by atoms with Crippen LogP contribution in [0.25, 0.3) is 0 Å². The fourth-order valence-corrected chi connectivity index (χ4v) is 0.703. The van der Waals surface area contributed by atoms with Gasteiger partial charge in [-0.3, -0.25) is 0 Å². The van der Waals surface area contributed by atoms with Gasteiger partial charge in [0.05, 0.1) is 6.20 Å². The second-order valence-electron chi connectivity index (χ2n) is 4.84. The summed E-state index contributed by atoms with van der Waals surface area (Å²) < 4.78 is 8.10. The highest BCUT2D eigenvalue weighted by Gasteiger charge is 1.68. The van der Waals surface area contributed by atoms with Crippen molar-refractivity contribution in [3.05, 3.63) is 36.2 Å². The van der Waals surface area contributed by atoms with Crippen molar-refractivity contribution >= 4 is 11.5 Å². The van der Waals surface area contributed by atoms with E-state index in [2.05, 4.69) is 55.6 Å². The summed E-state index contributed by atoms with van der Waals surface area (Å²) in [6.07, 6.45) is 4.87. The van der Waals surface area contributed by atoms with Crippen molar-refractivity contribution in [2.45, 2.75) is 56.4 Å². The minimum Gasteiger partial charge on any atom is -0.365 e. The van der Waals surface area contributed by atoms with Crippen molar-refractivity contribution < 1.29 is 4.52 Å². The van der Waals surface area contributed by atoms with Gasteiger partial charge in [0.25, 0.3) is 0 Å². The molecule has 0 aliphatic carbocycles. The highest BCUT2D eigenvalue weighted by atomic mass is 32.1. The van der Waals surface area contributed by atoms with Crippen LogP contribution in [-0.2, 0) is 0 Å². The Bertz CT molecular complexity index is 220. The lowest BCUT2D eigenvalue weighted by atomic mass is 10.3. The highest BCUT2D eigenvalue weighted by molar-refractivity contribution is 7.03. The van der Waals surface area contributed by atoms with Crippen molar-refractivity contribution in [3.63, 3.8) is 0 Å². The molecule has 120 valence electrons. The topological polar surface area (TPSA) is 38.9 Å². The van der Waals surface area contributed by atoms with Crippen molar-refractivity contribution in [3.8, 4) is 0 Å². The summed E-state index contributed by atoms with van der Waals surface area (Å²) in [6, 6.07) is 3.63. The zero-order chi connectivity index (χ0) is 14.2. The van der Waals surface area contributed by atoms with Crippen LogP contribution in [0.5, 0.6) is 0 Å². The molecule has 0 aliphatic rings. The molecule has 0 radical (unpaired) electrons. The Balaban J connectivity index is -0.0000000833. The Morgan fingerprint density at radius 3 is 1.45 bits per heavy atom. The van der Waals surface area contributed by atoms with Crippen LogP contribution < -0.4 is 0 Å². The fourth-order valence-electron chi connectivity index (χ4n) is 0.351. The predicted octanol–water partition coefficient (Wildman–Crippen LogP) is 6.41. The third-order valence-electron chi connectivity index (χ3n) is 0.694. The standard InChI is InChI=1S/2C4H10.C3H3NO.C3H3NS.2CH4/c2*1-4(2)3;2*1-2-4-5-3-1;;/h2*4H,1-3H3;2*1-3H;2*1H4. The molecule has 0 saturated carbocycles. The average molecular weight is 303 g/mol. The van der Waals surface area contributed by atoms with Crippen molar-refractivity contribution in [2.75, 3.05) is 0 Å². The molecule has 0 atom stereocenters. The largest absolute Gasteiger partial charge is 0.365 e. The fraction of sp³-hybridized carbons (Fsp3) is 0.625. The minimum atomic E-state index is 0. The summed E-state index contributed by atoms with van der Waals surface area (Å²) in [7, 11) is 0. The van der Waals surface area contributed by atoms with Crippen LogP contribution in [0.1, 0.15) is 56.4 Å². The predicted molar refractivity (Wildman–Crippen MR) is 93.1 cm³/mol. The Hall–Kier alpha value is -1.16. The summed E-state index contributed by atoms with van der Waals surface area (Å²) in [5.41, 5.74) is 0. The lowest BCUT2D eigenvalue weighted by Gasteiger charge is -1.79. The van der Waals surface area contributed by atoms with Crippen molar-refractivity contribution in [1.29, 1.82) is 0 Å². The molecule has 0 aliphatic heterocycles. The van der Waals surface area contributed by atoms with E-state index in [9.17, 15) is 0 Å². The Morgan fingerprint density at radius 2 is 1.35 bits per heavy atom. The molecule has 0 amide bonds. The zero-order valence-corrected chi connectivity index (χ0v) is 13.1. The molecule has 0 aromatic carbocycles. The molecule has 2 heterocycles. The molecule has 2 aromatic heterocycles. The third-order valence-corrected chi connectivity index (χ3v) is 1.22. The molecule has 20 heavy (non-hydrogen) atoms. The number of hydrogen-bond donors (Lipinski definition) is 0. The van der Waals surface area contributed by atoms with E-state index in [-0.39, 0.29) is 14.9 Å². The van der Waals surface area contributed by atoms with Crippen LogP contribution in [0.15, 0.2) is 40.7 Å². The maximum Gasteiger partial charge on any atom is 0.123 e. The van der Waals surface area contributed by atoms with Crippen LogP contribution in [0, 0.1) is 11.8 Å². The quantitative estimate of drug-likeness (QED) is 0.564. The van der Waals surface area contributed by atoms with Crippen LogP contribution >= 0.6 is 11.5 Å². The lowest BCUT2D eigenvalue weighted by Crippen LogP contribution is -1.66. The summed E-state index contributed by atoms with van der Waals surface area (Å²) in [4.78, 5) is 0. The molecular weight excluding hydrogens is 268 g/mol. The molecule has 0 bridgehead atoms. The summed E-state index contributed by atoms with van der Waals surface area (Å²) in [5, 5.41) is 5.28. The molecular formula is C16H34N2OS. The zero-order valence-electron chi connectivity index (χ0n) is 12.3. The number of rotatable bonds is 0. The molecule has 0 unspecified atom stereocenters. The van der Waals surface area contributed by atoms with E-state index in [4.69, 9.17) is 0 Å². The first kappa shape index (κ1) is 27.2. The van der Waals surface area contributed by atoms with Gasteiger partial charge in [-0.25, -0.2) is 4.37 Å². The van der Waals surface area contributed by atoms with Gasteiger partial charge < -0.3 is 4.52 Å². The molecule has 0 fully saturated rings. The van der Waals surface area contributed by atoms with Crippen LogP contribution in [0.3, 0.4) is 0 Å². The average Bonchev–Trinajstić information content (AvgIpc) is 2.96. The van der Waals surface area contributed by atoms with Gasteiger partial charge in [-0.05, 0) is 35.5 Å². The molecule has 0 N–H and O–H groups in total. The van der Waals surface area contributed by atoms with E-state index < -0.39 is 0 Å². The van der Waals surface area contributed by atoms with Gasteiger partial charge in [-0.15, -0.1) is 0 Å². The van der Waals surface area contributed by atoms with E-state index in [1.54, 1.807) is 18.5 Å². The summed E-state index contributed by atoms with van der Waals surface area (Å²) >= 11 is 1.46. The van der Waals surface area contributed by atoms with Crippen LogP contribution in [0.2, 0.25) is 0 Å². The number of hydrogen-bond acceptors (Lipinski definition) is 4. The highest BCUT2D eigenvalue weighted by Crippen LogP contribution is 1.84. The maximum absolute atomic E-state index is 4.33. The van der Waals surface area contributed by atoms with E-state index in [0.717, 1.165) is 11.8 Å². The Labute approximate surface area is 130 Å². The van der Waals surface area contributed by atoms with Gasteiger partial charge in [0.2, 0.25) is 0 Å². The maximum atomic E-state index is 4.33. The second-order valence-corrected chi connectivity index (χ2v) is 5.53. The van der Waals surface area contributed by atoms with Crippen LogP contribution in [0.4, 0.5) is 0 Å². The van der Waals surface area contributed by atoms with Gasteiger partial charge in [0.1, 0.15) is 6.26 Å². The summed E-state index contributed by atoms with van der Waals surface area (Å²) in [6.45, 7) is 13.0. The smallest absolute Gasteiger partial charge is 0.123 e. The molecule has 2 rings (SSSR count). The van der Waals surface area contributed by atoms with Gasteiger partial charge >= 0.3 is 0 Å². The van der Waals surface area contributed by atoms with Crippen molar-refractivity contribution in [1.82, 2.24) is 9.53 Å². The minimum absolute atomic E-state index is 0. The van der Waals surface area contributed by atoms with Crippen molar-refractivity contribution in [2.24, 2.45) is 11.8 Å². The number of nitrogens with zero attached hydrogens (tertiary/aromatic N) is 2. The molecule has 4 heteroatoms. The van der Waals surface area contributed by atoms with Gasteiger partial charge in [0, 0.05) is 11.6 Å². The monoisotopic (exact) mass is 302 g/mol. The first-order valence-corrected chi connectivity index (χ1v) is 6.99. The van der Waals surface area contributed by atoms with E-state index in [1.807, 2.05) is 11.4 Å². The van der Waals surface area contributed by atoms with E-state index in [0.29, 0.717) is 0 Å². The molecule has 0 saturated heterocycles. The Morgan fingerprint density at radius 1 is 0.850 bits per heavy atom. The van der Waals surface area contributed by atoms with Crippen LogP contribution in [-0.4, -0.2) is 9.53 Å². The first-order chi connectivity index (χ1) is 8.46. The number of aromatic nitrogens is 2. The van der Waals surface area contributed by atoms with E-state index in [1.165, 1.54) is 17.8 Å².